The van der Waals surface area contributed by atoms with Crippen molar-refractivity contribution in [2.45, 2.75) is 18.9 Å². The largest absolute Gasteiger partial charge is 0.326 e. The van der Waals surface area contributed by atoms with Gasteiger partial charge in [-0.05, 0) is 38.1 Å². The van der Waals surface area contributed by atoms with E-state index in [1.807, 2.05) is 12.4 Å². The Morgan fingerprint density at radius 1 is 1.25 bits per heavy atom. The van der Waals surface area contributed by atoms with Crippen molar-refractivity contribution < 1.29 is 0 Å². The third kappa shape index (κ3) is 1.90. The second kappa shape index (κ2) is 4.80. The van der Waals surface area contributed by atoms with Crippen molar-refractivity contribution in [3.63, 3.8) is 0 Å². The predicted molar refractivity (Wildman–Crippen MR) is 65.9 cm³/mol. The number of fused-ring (bicyclic) bond motifs is 1. The highest BCUT2D eigenvalue weighted by atomic mass is 35.5. The number of hydrogen-bond acceptors (Lipinski definition) is 3. The standard InChI is InChI=1S/C11H14N4.ClH/c1-2-10-11(13-5-1)14-8-15(10)9-3-6-12-7-4-9;/h1-2,5,8-9,12H,3-4,6-7H2;1H. The van der Waals surface area contributed by atoms with E-state index in [4.69, 9.17) is 0 Å². The van der Waals surface area contributed by atoms with E-state index in [9.17, 15) is 0 Å². The van der Waals surface area contributed by atoms with E-state index in [1.54, 1.807) is 6.20 Å². The van der Waals surface area contributed by atoms with Crippen LogP contribution in [0.2, 0.25) is 0 Å². The molecule has 0 atom stereocenters. The number of aromatic nitrogens is 3. The van der Waals surface area contributed by atoms with Crippen LogP contribution < -0.4 is 5.32 Å². The molecule has 0 amide bonds. The minimum Gasteiger partial charge on any atom is -0.326 e. The topological polar surface area (TPSA) is 42.7 Å². The van der Waals surface area contributed by atoms with Gasteiger partial charge in [0.05, 0.1) is 11.8 Å². The van der Waals surface area contributed by atoms with Gasteiger partial charge in [0.25, 0.3) is 0 Å². The maximum absolute atomic E-state index is 4.33. The number of nitrogens with zero attached hydrogens (tertiary/aromatic N) is 3. The molecule has 0 unspecified atom stereocenters. The molecule has 1 fully saturated rings. The Labute approximate surface area is 100 Å². The Morgan fingerprint density at radius 2 is 2.06 bits per heavy atom. The number of imidazole rings is 1. The minimum absolute atomic E-state index is 0. The molecule has 1 N–H and O–H groups in total. The SMILES string of the molecule is Cl.c1cnc2ncn(C3CCNCC3)c2c1. The molecule has 3 heterocycles. The van der Waals surface area contributed by atoms with Crippen molar-refractivity contribution in [1.82, 2.24) is 19.9 Å². The first-order chi connectivity index (χ1) is 7.45. The zero-order valence-electron chi connectivity index (χ0n) is 8.97. The van der Waals surface area contributed by atoms with E-state index >= 15 is 0 Å². The molecule has 4 nitrogen and oxygen atoms in total. The van der Waals surface area contributed by atoms with Crippen LogP contribution in [0.4, 0.5) is 0 Å². The van der Waals surface area contributed by atoms with Crippen molar-refractivity contribution >= 4 is 23.6 Å². The van der Waals surface area contributed by atoms with Gasteiger partial charge in [-0.25, -0.2) is 9.97 Å². The molecule has 5 heteroatoms. The van der Waals surface area contributed by atoms with Crippen molar-refractivity contribution in [3.05, 3.63) is 24.7 Å². The Bertz CT molecular complexity index is 462. The van der Waals surface area contributed by atoms with Crippen LogP contribution in [0.15, 0.2) is 24.7 Å². The summed E-state index contributed by atoms with van der Waals surface area (Å²) in [6.45, 7) is 2.20. The molecule has 0 spiro atoms. The molecule has 0 bridgehead atoms. The van der Waals surface area contributed by atoms with Gasteiger partial charge in [-0.2, -0.15) is 0 Å². The fraction of sp³-hybridized carbons (Fsp3) is 0.455. The molecule has 86 valence electrons. The summed E-state index contributed by atoms with van der Waals surface area (Å²) in [5.74, 6) is 0. The fourth-order valence-electron chi connectivity index (χ4n) is 2.24. The Hall–Kier alpha value is -1.13. The van der Waals surface area contributed by atoms with Gasteiger partial charge in [-0.3, -0.25) is 0 Å². The molecule has 16 heavy (non-hydrogen) atoms. The summed E-state index contributed by atoms with van der Waals surface area (Å²) < 4.78 is 2.27. The maximum atomic E-state index is 4.33. The summed E-state index contributed by atoms with van der Waals surface area (Å²) in [6.07, 6.45) is 6.08. The summed E-state index contributed by atoms with van der Waals surface area (Å²) in [4.78, 5) is 8.57. The van der Waals surface area contributed by atoms with Gasteiger partial charge < -0.3 is 9.88 Å². The van der Waals surface area contributed by atoms with Crippen molar-refractivity contribution in [1.29, 1.82) is 0 Å². The number of hydrogen-bond donors (Lipinski definition) is 1. The zero-order chi connectivity index (χ0) is 10.1. The van der Waals surface area contributed by atoms with Crippen LogP contribution in [0.3, 0.4) is 0 Å². The molecule has 0 aliphatic carbocycles. The normalized spacial score (nSPS) is 17.2. The average Bonchev–Trinajstić information content (AvgIpc) is 2.74. The van der Waals surface area contributed by atoms with Crippen molar-refractivity contribution in [2.24, 2.45) is 0 Å². The highest BCUT2D eigenvalue weighted by Gasteiger charge is 2.16. The van der Waals surface area contributed by atoms with Crippen LogP contribution in [0.5, 0.6) is 0 Å². The maximum Gasteiger partial charge on any atom is 0.177 e. The first-order valence-electron chi connectivity index (χ1n) is 5.43. The molecular formula is C11H15ClN4. The lowest BCUT2D eigenvalue weighted by Crippen LogP contribution is -2.29. The van der Waals surface area contributed by atoms with Gasteiger partial charge in [0.1, 0.15) is 0 Å². The molecule has 0 aromatic carbocycles. The molecule has 3 rings (SSSR count). The molecule has 1 aliphatic rings. The quantitative estimate of drug-likeness (QED) is 0.824. The number of piperidine rings is 1. The first-order valence-corrected chi connectivity index (χ1v) is 5.43. The summed E-state index contributed by atoms with van der Waals surface area (Å²) in [5, 5.41) is 3.38. The van der Waals surface area contributed by atoms with E-state index in [0.717, 1.165) is 24.3 Å². The lowest BCUT2D eigenvalue weighted by Gasteiger charge is -2.24. The summed E-state index contributed by atoms with van der Waals surface area (Å²) in [6, 6.07) is 4.65. The molecule has 0 saturated carbocycles. The third-order valence-electron chi connectivity index (χ3n) is 3.05. The number of pyridine rings is 1. The van der Waals surface area contributed by atoms with Crippen LogP contribution >= 0.6 is 12.4 Å². The lowest BCUT2D eigenvalue weighted by atomic mass is 10.1. The molecule has 2 aromatic rings. The Balaban J connectivity index is 0.000000963. The number of rotatable bonds is 1. The van der Waals surface area contributed by atoms with Crippen LogP contribution in [0.1, 0.15) is 18.9 Å². The number of nitrogens with one attached hydrogen (secondary N) is 1. The smallest absolute Gasteiger partial charge is 0.177 e. The van der Waals surface area contributed by atoms with E-state index < -0.39 is 0 Å². The summed E-state index contributed by atoms with van der Waals surface area (Å²) in [5.41, 5.74) is 2.01. The molecule has 1 saturated heterocycles. The lowest BCUT2D eigenvalue weighted by molar-refractivity contribution is 0.374. The first kappa shape index (κ1) is 11.4. The summed E-state index contributed by atoms with van der Waals surface area (Å²) in [7, 11) is 0. The zero-order valence-corrected chi connectivity index (χ0v) is 9.78. The van der Waals surface area contributed by atoms with E-state index in [1.165, 1.54) is 12.8 Å². The van der Waals surface area contributed by atoms with Crippen LogP contribution in [0.25, 0.3) is 11.2 Å². The minimum atomic E-state index is 0. The van der Waals surface area contributed by atoms with Gasteiger partial charge >= 0.3 is 0 Å². The van der Waals surface area contributed by atoms with Crippen LogP contribution in [-0.4, -0.2) is 27.6 Å². The van der Waals surface area contributed by atoms with Crippen molar-refractivity contribution in [3.8, 4) is 0 Å². The fourth-order valence-corrected chi connectivity index (χ4v) is 2.24. The molecule has 0 radical (unpaired) electrons. The molecule has 2 aromatic heterocycles. The van der Waals surface area contributed by atoms with E-state index in [-0.39, 0.29) is 12.4 Å². The Kier molecular flexibility index (Phi) is 3.41. The summed E-state index contributed by atoms with van der Waals surface area (Å²) >= 11 is 0. The molecule has 1 aliphatic heterocycles. The Morgan fingerprint density at radius 3 is 2.88 bits per heavy atom. The second-order valence-corrected chi connectivity index (χ2v) is 3.98. The average molecular weight is 239 g/mol. The highest BCUT2D eigenvalue weighted by molar-refractivity contribution is 5.85. The van der Waals surface area contributed by atoms with E-state index in [0.29, 0.717) is 6.04 Å². The van der Waals surface area contributed by atoms with Crippen LogP contribution in [0, 0.1) is 0 Å². The number of halogens is 1. The monoisotopic (exact) mass is 238 g/mol. The van der Waals surface area contributed by atoms with Gasteiger partial charge in [-0.15, -0.1) is 12.4 Å². The van der Waals surface area contributed by atoms with Gasteiger partial charge in [0, 0.05) is 12.2 Å². The third-order valence-corrected chi connectivity index (χ3v) is 3.05. The van der Waals surface area contributed by atoms with Gasteiger partial charge in [-0.1, -0.05) is 0 Å². The highest BCUT2D eigenvalue weighted by Crippen LogP contribution is 2.22. The van der Waals surface area contributed by atoms with E-state index in [2.05, 4.69) is 25.9 Å². The molecular weight excluding hydrogens is 224 g/mol. The van der Waals surface area contributed by atoms with Gasteiger partial charge in [0.15, 0.2) is 5.65 Å². The van der Waals surface area contributed by atoms with Crippen molar-refractivity contribution in [2.75, 3.05) is 13.1 Å². The van der Waals surface area contributed by atoms with Gasteiger partial charge in [0.2, 0.25) is 0 Å². The second-order valence-electron chi connectivity index (χ2n) is 3.98. The predicted octanol–water partition coefficient (Wildman–Crippen LogP) is 1.78. The van der Waals surface area contributed by atoms with Crippen LogP contribution in [-0.2, 0) is 0 Å².